The summed E-state index contributed by atoms with van der Waals surface area (Å²) in [7, 11) is 3.53. The summed E-state index contributed by atoms with van der Waals surface area (Å²) in [5, 5.41) is 0.886. The molecule has 1 saturated heterocycles. The minimum absolute atomic E-state index is 0.128. The number of fused-ring (bicyclic) bond motifs is 1. The molecule has 1 saturated carbocycles. The second kappa shape index (κ2) is 7.20. The van der Waals surface area contributed by atoms with Crippen molar-refractivity contribution in [3.05, 3.63) is 24.4 Å². The van der Waals surface area contributed by atoms with Crippen LogP contribution in [0.15, 0.2) is 29.4 Å². The molecule has 3 atom stereocenters. The van der Waals surface area contributed by atoms with Crippen LogP contribution in [0.2, 0.25) is 0 Å². The molecule has 1 amide bonds. The number of hydrogen-bond donors (Lipinski definition) is 0. The van der Waals surface area contributed by atoms with Gasteiger partial charge in [0.1, 0.15) is 0 Å². The van der Waals surface area contributed by atoms with Crippen molar-refractivity contribution in [2.75, 3.05) is 26.5 Å². The first-order chi connectivity index (χ1) is 11.2. The van der Waals surface area contributed by atoms with Gasteiger partial charge in [-0.25, -0.2) is 4.98 Å². The third-order valence-electron chi connectivity index (χ3n) is 5.18. The van der Waals surface area contributed by atoms with Gasteiger partial charge in [0.05, 0.1) is 28.5 Å². The highest BCUT2D eigenvalue weighted by atomic mass is 32.2. The number of pyridine rings is 1. The van der Waals surface area contributed by atoms with Crippen LogP contribution in [0.1, 0.15) is 25.7 Å². The van der Waals surface area contributed by atoms with E-state index in [1.807, 2.05) is 23.1 Å². The van der Waals surface area contributed by atoms with E-state index in [1.165, 1.54) is 11.8 Å². The van der Waals surface area contributed by atoms with E-state index in [0.717, 1.165) is 37.3 Å². The van der Waals surface area contributed by atoms with Crippen molar-refractivity contribution < 1.29 is 14.3 Å². The Labute approximate surface area is 141 Å². The Bertz CT molecular complexity index is 542. The number of amides is 1. The molecular weight excluding hydrogens is 312 g/mol. The molecule has 1 aromatic heterocycles. The molecular formula is C17H24N2O3S. The monoisotopic (exact) mass is 336 g/mol. The molecule has 2 aliphatic rings. The highest BCUT2D eigenvalue weighted by molar-refractivity contribution is 7.99. The van der Waals surface area contributed by atoms with Crippen LogP contribution in [0.3, 0.4) is 0 Å². The molecule has 126 valence electrons. The standard InChI is InChI=1S/C17H24N2O3S/c1-21-13-6-7-17(22-2)8-10-19(14(17)11-13)16(20)12-23-15-5-3-4-9-18-15/h3-5,9,13-14H,6-8,10-12H2,1-2H3/t13-,14+,17-/m1/s1. The number of ether oxygens (including phenoxy) is 2. The van der Waals surface area contributed by atoms with Crippen LogP contribution in [0.5, 0.6) is 0 Å². The van der Waals surface area contributed by atoms with E-state index < -0.39 is 0 Å². The van der Waals surface area contributed by atoms with Gasteiger partial charge in [0.15, 0.2) is 0 Å². The van der Waals surface area contributed by atoms with E-state index in [9.17, 15) is 4.79 Å². The lowest BCUT2D eigenvalue weighted by Crippen LogP contribution is -2.53. The first-order valence-electron chi connectivity index (χ1n) is 8.10. The second-order valence-corrected chi connectivity index (χ2v) is 7.21. The van der Waals surface area contributed by atoms with Crippen molar-refractivity contribution in [2.45, 2.75) is 48.5 Å². The van der Waals surface area contributed by atoms with Crippen LogP contribution in [0, 0.1) is 0 Å². The summed E-state index contributed by atoms with van der Waals surface area (Å²) in [6.45, 7) is 0.774. The number of likely N-dealkylation sites (tertiary alicyclic amines) is 1. The van der Waals surface area contributed by atoms with Crippen molar-refractivity contribution in [1.29, 1.82) is 0 Å². The highest BCUT2D eigenvalue weighted by Crippen LogP contribution is 2.43. The number of carbonyl (C=O) groups is 1. The van der Waals surface area contributed by atoms with Crippen molar-refractivity contribution in [3.63, 3.8) is 0 Å². The predicted molar refractivity (Wildman–Crippen MR) is 89.5 cm³/mol. The summed E-state index contributed by atoms with van der Waals surface area (Å²) >= 11 is 1.49. The molecule has 1 aromatic rings. The zero-order valence-corrected chi connectivity index (χ0v) is 14.6. The van der Waals surface area contributed by atoms with Gasteiger partial charge in [-0.1, -0.05) is 17.8 Å². The van der Waals surface area contributed by atoms with E-state index in [-0.39, 0.29) is 23.7 Å². The van der Waals surface area contributed by atoms with E-state index >= 15 is 0 Å². The summed E-state index contributed by atoms with van der Waals surface area (Å²) in [6, 6.07) is 5.88. The molecule has 0 bridgehead atoms. The van der Waals surface area contributed by atoms with Gasteiger partial charge in [-0.05, 0) is 37.8 Å². The molecule has 5 nitrogen and oxygen atoms in total. The molecule has 1 aliphatic heterocycles. The van der Waals surface area contributed by atoms with E-state index in [2.05, 4.69) is 4.98 Å². The van der Waals surface area contributed by atoms with E-state index in [0.29, 0.717) is 5.75 Å². The normalized spacial score (nSPS) is 30.3. The highest BCUT2D eigenvalue weighted by Gasteiger charge is 2.52. The summed E-state index contributed by atoms with van der Waals surface area (Å²) in [5.41, 5.74) is -0.180. The Morgan fingerprint density at radius 1 is 1.43 bits per heavy atom. The number of nitrogens with zero attached hydrogens (tertiary/aromatic N) is 2. The van der Waals surface area contributed by atoms with Crippen molar-refractivity contribution in [1.82, 2.24) is 9.88 Å². The van der Waals surface area contributed by atoms with Gasteiger partial charge in [-0.3, -0.25) is 4.79 Å². The van der Waals surface area contributed by atoms with Gasteiger partial charge in [0, 0.05) is 27.0 Å². The Hall–Kier alpha value is -1.11. The average molecular weight is 336 g/mol. The minimum atomic E-state index is -0.180. The number of thioether (sulfide) groups is 1. The van der Waals surface area contributed by atoms with Crippen LogP contribution < -0.4 is 0 Å². The quantitative estimate of drug-likeness (QED) is 0.773. The molecule has 0 unspecified atom stereocenters. The summed E-state index contributed by atoms with van der Waals surface area (Å²) in [6.07, 6.45) is 5.73. The molecule has 6 heteroatoms. The maximum absolute atomic E-state index is 12.7. The van der Waals surface area contributed by atoms with Crippen LogP contribution in [-0.4, -0.2) is 60.1 Å². The smallest absolute Gasteiger partial charge is 0.233 e. The number of methoxy groups -OCH3 is 2. The second-order valence-electron chi connectivity index (χ2n) is 6.21. The molecule has 23 heavy (non-hydrogen) atoms. The Morgan fingerprint density at radius 2 is 2.30 bits per heavy atom. The van der Waals surface area contributed by atoms with Crippen LogP contribution >= 0.6 is 11.8 Å². The molecule has 2 fully saturated rings. The fourth-order valence-electron chi connectivity index (χ4n) is 3.83. The van der Waals surface area contributed by atoms with Gasteiger partial charge in [-0.15, -0.1) is 0 Å². The third kappa shape index (κ3) is 3.39. The van der Waals surface area contributed by atoms with E-state index in [4.69, 9.17) is 9.47 Å². The van der Waals surface area contributed by atoms with Gasteiger partial charge < -0.3 is 14.4 Å². The summed E-state index contributed by atoms with van der Waals surface area (Å²) < 4.78 is 11.4. The van der Waals surface area contributed by atoms with Gasteiger partial charge in [0.2, 0.25) is 5.91 Å². The van der Waals surface area contributed by atoms with Crippen molar-refractivity contribution in [2.24, 2.45) is 0 Å². The van der Waals surface area contributed by atoms with Crippen molar-refractivity contribution >= 4 is 17.7 Å². The van der Waals surface area contributed by atoms with Crippen LogP contribution in [0.25, 0.3) is 0 Å². The first-order valence-corrected chi connectivity index (χ1v) is 9.08. The fraction of sp³-hybridized carbons (Fsp3) is 0.647. The molecule has 3 rings (SSSR count). The molecule has 0 radical (unpaired) electrons. The maximum Gasteiger partial charge on any atom is 0.233 e. The summed E-state index contributed by atoms with van der Waals surface area (Å²) in [4.78, 5) is 19.0. The summed E-state index contributed by atoms with van der Waals surface area (Å²) in [5.74, 6) is 0.589. The van der Waals surface area contributed by atoms with Crippen LogP contribution in [-0.2, 0) is 14.3 Å². The average Bonchev–Trinajstić information content (AvgIpc) is 2.99. The molecule has 0 aromatic carbocycles. The number of hydrogen-bond acceptors (Lipinski definition) is 5. The van der Waals surface area contributed by atoms with Gasteiger partial charge in [0.25, 0.3) is 0 Å². The largest absolute Gasteiger partial charge is 0.381 e. The topological polar surface area (TPSA) is 51.7 Å². The Morgan fingerprint density at radius 3 is 3.00 bits per heavy atom. The Kier molecular flexibility index (Phi) is 5.24. The maximum atomic E-state index is 12.7. The molecule has 0 spiro atoms. The third-order valence-corrected chi connectivity index (χ3v) is 6.11. The SMILES string of the molecule is CO[C@@H]1CC[C@@]2(OC)CCN(C(=O)CSc3ccccn3)[C@H]2C1. The van der Waals surface area contributed by atoms with Crippen molar-refractivity contribution in [3.8, 4) is 0 Å². The molecule has 2 heterocycles. The lowest BCUT2D eigenvalue weighted by Gasteiger charge is -2.43. The van der Waals surface area contributed by atoms with E-state index in [1.54, 1.807) is 20.4 Å². The first kappa shape index (κ1) is 16.7. The fourth-order valence-corrected chi connectivity index (χ4v) is 4.57. The Balaban J connectivity index is 1.65. The van der Waals surface area contributed by atoms with Crippen LogP contribution in [0.4, 0.5) is 0 Å². The minimum Gasteiger partial charge on any atom is -0.381 e. The number of aromatic nitrogens is 1. The zero-order valence-electron chi connectivity index (χ0n) is 13.7. The lowest BCUT2D eigenvalue weighted by molar-refractivity contribution is -0.138. The number of rotatable bonds is 5. The molecule has 1 aliphatic carbocycles. The molecule has 0 N–H and O–H groups in total. The predicted octanol–water partition coefficient (Wildman–Crippen LogP) is 2.36. The number of carbonyl (C=O) groups excluding carboxylic acids is 1. The zero-order chi connectivity index (χ0) is 16.3. The van der Waals surface area contributed by atoms with Gasteiger partial charge in [-0.2, -0.15) is 0 Å². The lowest BCUT2D eigenvalue weighted by atomic mass is 9.79. The van der Waals surface area contributed by atoms with Gasteiger partial charge >= 0.3 is 0 Å².